The van der Waals surface area contributed by atoms with Gasteiger partial charge in [0.15, 0.2) is 0 Å². The Morgan fingerprint density at radius 3 is 1.32 bits per heavy atom. The van der Waals surface area contributed by atoms with Gasteiger partial charge < -0.3 is 17.7 Å². The fourth-order valence-corrected chi connectivity index (χ4v) is 8.13. The van der Waals surface area contributed by atoms with Gasteiger partial charge in [-0.1, -0.05) is 13.8 Å². The van der Waals surface area contributed by atoms with Crippen molar-refractivity contribution < 1.29 is 17.7 Å². The molecular weight excluding hydrogens is 352 g/mol. The molecule has 1 aliphatic rings. The summed E-state index contributed by atoms with van der Waals surface area (Å²) < 4.78 is 22.8. The maximum atomic E-state index is 5.71. The molecule has 0 bridgehead atoms. The van der Waals surface area contributed by atoms with Crippen molar-refractivity contribution in [3.05, 3.63) is 0 Å². The average molecular weight is 393 g/mol. The van der Waals surface area contributed by atoms with E-state index >= 15 is 0 Å². The highest BCUT2D eigenvalue weighted by atomic mass is 28.4. The van der Waals surface area contributed by atoms with E-state index in [0.717, 1.165) is 56.8 Å². The van der Waals surface area contributed by atoms with Crippen molar-refractivity contribution in [2.24, 2.45) is 0 Å². The fraction of sp³-hybridized carbons (Fsp3) is 1.00. The fourth-order valence-electron chi connectivity index (χ4n) is 3.72. The van der Waals surface area contributed by atoms with Gasteiger partial charge in [0.05, 0.1) is 6.67 Å². The van der Waals surface area contributed by atoms with Gasteiger partial charge in [0.2, 0.25) is 0 Å². The zero-order chi connectivity index (χ0) is 18.8. The first kappa shape index (κ1) is 23.2. The average Bonchev–Trinajstić information content (AvgIpc) is 3.11. The van der Waals surface area contributed by atoms with Gasteiger partial charge in [-0.3, -0.25) is 9.80 Å². The van der Waals surface area contributed by atoms with Crippen molar-refractivity contribution in [1.82, 2.24) is 9.80 Å². The molecule has 1 rings (SSSR count). The monoisotopic (exact) mass is 392 g/mol. The van der Waals surface area contributed by atoms with E-state index in [0.29, 0.717) is 0 Å². The molecule has 0 saturated carbocycles. The minimum atomic E-state index is -1.92. The number of nitrogens with zero attached hydrogens (tertiary/aromatic N) is 2. The van der Waals surface area contributed by atoms with Crippen molar-refractivity contribution in [2.45, 2.75) is 50.9 Å². The van der Waals surface area contributed by atoms with Gasteiger partial charge in [-0.25, -0.2) is 0 Å². The molecule has 1 saturated heterocycles. The van der Waals surface area contributed by atoms with E-state index < -0.39 is 17.1 Å². The molecule has 0 spiro atoms. The Kier molecular flexibility index (Phi) is 11.0. The molecule has 0 aromatic rings. The highest BCUT2D eigenvalue weighted by Gasteiger charge is 2.34. The van der Waals surface area contributed by atoms with Crippen LogP contribution in [0.2, 0.25) is 24.2 Å². The molecule has 1 aliphatic heterocycles. The minimum absolute atomic E-state index is 1.02. The highest BCUT2D eigenvalue weighted by Crippen LogP contribution is 2.21. The topological polar surface area (TPSA) is 43.4 Å². The van der Waals surface area contributed by atoms with Gasteiger partial charge in [-0.15, -0.1) is 0 Å². The lowest BCUT2D eigenvalue weighted by Crippen LogP contribution is -2.40. The molecule has 0 N–H and O–H groups in total. The smallest absolute Gasteiger partial charge is 0.337 e. The first-order valence-corrected chi connectivity index (χ1v) is 14.1. The largest absolute Gasteiger partial charge is 0.398 e. The molecule has 6 nitrogen and oxygen atoms in total. The Hall–Kier alpha value is 0.194. The van der Waals surface area contributed by atoms with Crippen molar-refractivity contribution >= 4 is 17.1 Å². The van der Waals surface area contributed by atoms with Crippen molar-refractivity contribution in [1.29, 1.82) is 0 Å². The van der Waals surface area contributed by atoms with Crippen molar-refractivity contribution in [2.75, 3.05) is 61.3 Å². The van der Waals surface area contributed by atoms with E-state index in [2.05, 4.69) is 23.6 Å². The summed E-state index contributed by atoms with van der Waals surface area (Å²) in [4.78, 5) is 5.11. The molecule has 0 aromatic carbocycles. The molecule has 0 unspecified atom stereocenters. The third-order valence-corrected chi connectivity index (χ3v) is 13.1. The lowest BCUT2D eigenvalue weighted by Gasteiger charge is -2.27. The van der Waals surface area contributed by atoms with E-state index in [1.807, 2.05) is 0 Å². The van der Waals surface area contributed by atoms with E-state index in [1.54, 1.807) is 28.4 Å². The Labute approximate surface area is 157 Å². The van der Waals surface area contributed by atoms with Crippen LogP contribution in [0.5, 0.6) is 0 Å². The maximum absolute atomic E-state index is 5.71. The van der Waals surface area contributed by atoms with Gasteiger partial charge in [0.25, 0.3) is 0 Å². The normalized spacial score (nSPS) is 17.5. The summed E-state index contributed by atoms with van der Waals surface area (Å²) in [6, 6.07) is 4.21. The third-order valence-electron chi connectivity index (χ3n) is 5.76. The van der Waals surface area contributed by atoms with Crippen LogP contribution >= 0.6 is 0 Å². The molecule has 150 valence electrons. The quantitative estimate of drug-likeness (QED) is 0.424. The number of rotatable bonds is 14. The molecule has 0 atom stereocenters. The lowest BCUT2D eigenvalue weighted by molar-refractivity contribution is 0.222. The van der Waals surface area contributed by atoms with Crippen LogP contribution in [-0.4, -0.2) is 88.2 Å². The van der Waals surface area contributed by atoms with Crippen LogP contribution in [0.25, 0.3) is 0 Å². The van der Waals surface area contributed by atoms with Gasteiger partial charge >= 0.3 is 17.1 Å². The first-order chi connectivity index (χ1) is 12.0. The maximum Gasteiger partial charge on any atom is 0.337 e. The Morgan fingerprint density at radius 2 is 1.04 bits per heavy atom. The second-order valence-electron chi connectivity index (χ2n) is 6.93. The summed E-state index contributed by atoms with van der Waals surface area (Å²) in [6.07, 6.45) is 2.32. The third kappa shape index (κ3) is 7.02. The van der Waals surface area contributed by atoms with Gasteiger partial charge in [-0.2, -0.15) is 0 Å². The molecule has 0 aliphatic carbocycles. The van der Waals surface area contributed by atoms with Crippen LogP contribution in [0, 0.1) is 0 Å². The molecule has 25 heavy (non-hydrogen) atoms. The lowest BCUT2D eigenvalue weighted by atomic mass is 10.4. The zero-order valence-electron chi connectivity index (χ0n) is 17.3. The van der Waals surface area contributed by atoms with Gasteiger partial charge in [0, 0.05) is 41.5 Å². The Morgan fingerprint density at radius 1 is 0.680 bits per heavy atom. The van der Waals surface area contributed by atoms with Gasteiger partial charge in [0.1, 0.15) is 0 Å². The second kappa shape index (κ2) is 11.8. The predicted octanol–water partition coefficient (Wildman–Crippen LogP) is 2.85. The van der Waals surface area contributed by atoms with E-state index in [9.17, 15) is 0 Å². The van der Waals surface area contributed by atoms with Crippen LogP contribution in [-0.2, 0) is 17.7 Å². The summed E-state index contributed by atoms with van der Waals surface area (Å²) in [6.45, 7) is 10.1. The molecule has 8 heteroatoms. The SMILES string of the molecule is CC[Si](CCCN1CCN(CCC[Si](CC)(OC)OC)C1)(OC)OC. The van der Waals surface area contributed by atoms with Crippen molar-refractivity contribution in [3.63, 3.8) is 0 Å². The number of hydrogen-bond acceptors (Lipinski definition) is 6. The zero-order valence-corrected chi connectivity index (χ0v) is 19.3. The van der Waals surface area contributed by atoms with Crippen LogP contribution in [0.3, 0.4) is 0 Å². The van der Waals surface area contributed by atoms with E-state index in [-0.39, 0.29) is 0 Å². The Bertz CT molecular complexity index is 307. The highest BCUT2D eigenvalue weighted by molar-refractivity contribution is 6.67. The summed E-state index contributed by atoms with van der Waals surface area (Å²) >= 11 is 0. The van der Waals surface area contributed by atoms with Crippen LogP contribution in [0.15, 0.2) is 0 Å². The summed E-state index contributed by atoms with van der Waals surface area (Å²) in [5.74, 6) is 0. The standard InChI is InChI=1S/C17H40N2O4Si2/c1-7-24(20-3,21-4)15-9-11-18-13-14-19(17-18)12-10-16-25(8-2,22-5)23-6/h7-17H2,1-6H3. The molecular formula is C17H40N2O4Si2. The van der Waals surface area contributed by atoms with E-state index in [4.69, 9.17) is 17.7 Å². The number of hydrogen-bond donors (Lipinski definition) is 0. The Balaban J connectivity index is 2.25. The summed E-state index contributed by atoms with van der Waals surface area (Å²) in [7, 11) is 3.36. The van der Waals surface area contributed by atoms with Gasteiger partial charge in [-0.05, 0) is 50.1 Å². The molecule has 0 aromatic heterocycles. The summed E-state index contributed by atoms with van der Waals surface area (Å²) in [5, 5.41) is 0. The first-order valence-electron chi connectivity index (χ1n) is 9.68. The molecule has 0 amide bonds. The molecule has 1 heterocycles. The second-order valence-corrected chi connectivity index (χ2v) is 14.6. The van der Waals surface area contributed by atoms with Crippen LogP contribution in [0.1, 0.15) is 26.7 Å². The molecule has 0 radical (unpaired) electrons. The van der Waals surface area contributed by atoms with Crippen LogP contribution < -0.4 is 0 Å². The predicted molar refractivity (Wildman–Crippen MR) is 107 cm³/mol. The minimum Gasteiger partial charge on any atom is -0.398 e. The van der Waals surface area contributed by atoms with Crippen LogP contribution in [0.4, 0.5) is 0 Å². The molecule has 1 fully saturated rings. The summed E-state index contributed by atoms with van der Waals surface area (Å²) in [5.41, 5.74) is 0. The van der Waals surface area contributed by atoms with Crippen molar-refractivity contribution in [3.8, 4) is 0 Å². The van der Waals surface area contributed by atoms with E-state index in [1.165, 1.54) is 13.1 Å².